The van der Waals surface area contributed by atoms with Crippen molar-refractivity contribution in [1.82, 2.24) is 19.5 Å². The monoisotopic (exact) mass is 327 g/mol. The Morgan fingerprint density at radius 3 is 2.91 bits per heavy atom. The summed E-state index contributed by atoms with van der Waals surface area (Å²) in [7, 11) is 0. The van der Waals surface area contributed by atoms with Crippen molar-refractivity contribution in [2.45, 2.75) is 38.0 Å². The average Bonchev–Trinajstić information content (AvgIpc) is 2.97. The molecule has 3 heterocycles. The molecule has 0 saturated carbocycles. The van der Waals surface area contributed by atoms with Crippen LogP contribution < -0.4 is 10.5 Å². The molecule has 0 amide bonds. The van der Waals surface area contributed by atoms with Gasteiger partial charge in [0, 0.05) is 6.42 Å². The van der Waals surface area contributed by atoms with Gasteiger partial charge in [0.05, 0.1) is 12.9 Å². The Morgan fingerprint density at radius 1 is 1.57 bits per heavy atom. The molecule has 1 fully saturated rings. The highest BCUT2D eigenvalue weighted by atomic mass is 19.2. The Hall–Kier alpha value is -2.04. The first kappa shape index (κ1) is 15.8. The molecule has 1 aliphatic rings. The lowest BCUT2D eigenvalue weighted by molar-refractivity contribution is -0.183. The van der Waals surface area contributed by atoms with E-state index in [1.165, 1.54) is 17.8 Å². The zero-order chi connectivity index (χ0) is 16.8. The van der Waals surface area contributed by atoms with Gasteiger partial charge in [0.2, 0.25) is 17.7 Å². The van der Waals surface area contributed by atoms with Gasteiger partial charge >= 0.3 is 0 Å². The van der Waals surface area contributed by atoms with Crippen molar-refractivity contribution in [2.24, 2.45) is 0 Å². The number of nitrogens with zero attached hydrogens (tertiary/aromatic N) is 4. The molecular formula is C13H18FN5O4. The third-order valence-corrected chi connectivity index (χ3v) is 3.65. The number of nitrogens with two attached hydrogens (primary N) is 1. The predicted octanol–water partition coefficient (Wildman–Crippen LogP) is 0.135. The number of ether oxygens (including phenoxy) is 2. The summed E-state index contributed by atoms with van der Waals surface area (Å²) < 4.78 is 26.3. The largest absolute Gasteiger partial charge is 0.476 e. The molecule has 3 atom stereocenters. The minimum Gasteiger partial charge on any atom is -0.476 e. The number of aliphatic hydroxyl groups is 2. The minimum absolute atomic E-state index is 0.0472. The van der Waals surface area contributed by atoms with Gasteiger partial charge in [-0.15, -0.1) is 0 Å². The molecule has 0 aliphatic carbocycles. The normalized spacial score (nSPS) is 30.9. The van der Waals surface area contributed by atoms with Crippen LogP contribution in [0.2, 0.25) is 0 Å². The standard InChI is InChI=1S/C13H18FN5O4/c1-3-22-9-7-8(17-11(15)18-9)19(6-16-7)10-12(2,21)4-13(14,5-20)23-10/h6,10,20-21H,3-5H2,1-2H3,(H2,15,17,18)/t10-,12-,13+/m1/s1. The van der Waals surface area contributed by atoms with Crippen molar-refractivity contribution >= 4 is 17.1 Å². The maximum absolute atomic E-state index is 14.3. The molecule has 2 aromatic heterocycles. The first-order valence-corrected chi connectivity index (χ1v) is 7.12. The molecule has 3 rings (SSSR count). The van der Waals surface area contributed by atoms with E-state index in [1.54, 1.807) is 6.92 Å². The van der Waals surface area contributed by atoms with Crippen molar-refractivity contribution in [3.63, 3.8) is 0 Å². The first-order valence-electron chi connectivity index (χ1n) is 7.12. The Bertz CT molecular complexity index is 736. The number of aliphatic hydroxyl groups excluding tert-OH is 1. The smallest absolute Gasteiger partial charge is 0.247 e. The van der Waals surface area contributed by atoms with Crippen molar-refractivity contribution in [1.29, 1.82) is 0 Å². The summed E-state index contributed by atoms with van der Waals surface area (Å²) in [4.78, 5) is 12.2. The maximum atomic E-state index is 14.3. The van der Waals surface area contributed by atoms with Gasteiger partial charge in [-0.25, -0.2) is 9.37 Å². The number of anilines is 1. The van der Waals surface area contributed by atoms with Gasteiger partial charge in [-0.2, -0.15) is 9.97 Å². The van der Waals surface area contributed by atoms with Crippen LogP contribution in [0.3, 0.4) is 0 Å². The zero-order valence-electron chi connectivity index (χ0n) is 12.7. The molecule has 9 nitrogen and oxygen atoms in total. The van der Waals surface area contributed by atoms with Crippen LogP contribution >= 0.6 is 0 Å². The summed E-state index contributed by atoms with van der Waals surface area (Å²) in [6, 6.07) is 0. The first-order chi connectivity index (χ1) is 10.8. The number of imidazole rings is 1. The molecule has 0 bridgehead atoms. The predicted molar refractivity (Wildman–Crippen MR) is 77.2 cm³/mol. The third kappa shape index (κ3) is 2.58. The van der Waals surface area contributed by atoms with Crippen LogP contribution in [0.25, 0.3) is 11.2 Å². The fourth-order valence-corrected chi connectivity index (χ4v) is 2.76. The molecule has 0 unspecified atom stereocenters. The lowest BCUT2D eigenvalue weighted by Gasteiger charge is -2.24. The lowest BCUT2D eigenvalue weighted by atomic mass is 9.99. The van der Waals surface area contributed by atoms with Crippen molar-refractivity contribution in [3.8, 4) is 5.88 Å². The van der Waals surface area contributed by atoms with Crippen LogP contribution in [-0.2, 0) is 4.74 Å². The van der Waals surface area contributed by atoms with Crippen LogP contribution in [0, 0.1) is 0 Å². The van der Waals surface area contributed by atoms with Crippen molar-refractivity contribution in [2.75, 3.05) is 18.9 Å². The van der Waals surface area contributed by atoms with Gasteiger partial charge in [0.1, 0.15) is 12.2 Å². The highest BCUT2D eigenvalue weighted by Gasteiger charge is 2.54. The summed E-state index contributed by atoms with van der Waals surface area (Å²) in [5.41, 5.74) is 4.66. The van der Waals surface area contributed by atoms with E-state index in [0.717, 1.165) is 0 Å². The van der Waals surface area contributed by atoms with E-state index < -0.39 is 24.3 Å². The molecule has 2 aromatic rings. The molecule has 0 spiro atoms. The van der Waals surface area contributed by atoms with E-state index in [-0.39, 0.29) is 23.9 Å². The maximum Gasteiger partial charge on any atom is 0.247 e. The van der Waals surface area contributed by atoms with E-state index in [2.05, 4.69) is 15.0 Å². The molecule has 0 aromatic carbocycles. The third-order valence-electron chi connectivity index (χ3n) is 3.65. The van der Waals surface area contributed by atoms with Crippen LogP contribution in [0.15, 0.2) is 6.33 Å². The second-order valence-electron chi connectivity index (χ2n) is 5.69. The van der Waals surface area contributed by atoms with Gasteiger partial charge in [-0.05, 0) is 13.8 Å². The van der Waals surface area contributed by atoms with Crippen molar-refractivity contribution in [3.05, 3.63) is 6.33 Å². The molecule has 23 heavy (non-hydrogen) atoms. The number of hydrogen-bond acceptors (Lipinski definition) is 8. The topological polar surface area (TPSA) is 129 Å². The summed E-state index contributed by atoms with van der Waals surface area (Å²) >= 11 is 0. The van der Waals surface area contributed by atoms with E-state index in [1.807, 2.05) is 0 Å². The molecule has 126 valence electrons. The molecule has 1 saturated heterocycles. The lowest BCUT2D eigenvalue weighted by Crippen LogP contribution is -2.32. The SMILES string of the molecule is CCOc1nc(N)nc2c1ncn2[C@@H]1O[C@](F)(CO)C[C@@]1(C)O. The second kappa shape index (κ2) is 5.25. The fourth-order valence-electron chi connectivity index (χ4n) is 2.76. The van der Waals surface area contributed by atoms with Gasteiger partial charge in [-0.3, -0.25) is 4.57 Å². The molecule has 0 radical (unpaired) electrons. The van der Waals surface area contributed by atoms with E-state index >= 15 is 0 Å². The van der Waals surface area contributed by atoms with Gasteiger partial charge in [-0.1, -0.05) is 0 Å². The number of hydrogen-bond donors (Lipinski definition) is 3. The number of rotatable bonds is 4. The summed E-state index contributed by atoms with van der Waals surface area (Å²) in [5.74, 6) is -2.19. The quantitative estimate of drug-likeness (QED) is 0.723. The number of nitrogen functional groups attached to an aromatic ring is 1. The Kier molecular flexibility index (Phi) is 3.62. The van der Waals surface area contributed by atoms with E-state index in [0.29, 0.717) is 12.1 Å². The van der Waals surface area contributed by atoms with Gasteiger partial charge in [0.25, 0.3) is 0 Å². The van der Waals surface area contributed by atoms with Crippen LogP contribution in [0.5, 0.6) is 5.88 Å². The zero-order valence-corrected chi connectivity index (χ0v) is 12.7. The molecule has 4 N–H and O–H groups in total. The average molecular weight is 327 g/mol. The summed E-state index contributed by atoms with van der Waals surface area (Å²) in [5, 5.41) is 19.6. The van der Waals surface area contributed by atoms with E-state index in [4.69, 9.17) is 20.3 Å². The second-order valence-corrected chi connectivity index (χ2v) is 5.69. The summed E-state index contributed by atoms with van der Waals surface area (Å²) in [6.07, 6.45) is -0.183. The molecular weight excluding hydrogens is 309 g/mol. The van der Waals surface area contributed by atoms with Gasteiger partial charge < -0.3 is 25.4 Å². The number of aromatic nitrogens is 4. The minimum atomic E-state index is -2.34. The highest BCUT2D eigenvalue weighted by Crippen LogP contribution is 2.45. The van der Waals surface area contributed by atoms with Crippen molar-refractivity contribution < 1.29 is 24.1 Å². The Morgan fingerprint density at radius 2 is 2.30 bits per heavy atom. The van der Waals surface area contributed by atoms with Crippen LogP contribution in [-0.4, -0.2) is 54.4 Å². The number of halogens is 1. The molecule has 10 heteroatoms. The molecule has 1 aliphatic heterocycles. The number of alkyl halides is 1. The Labute approximate surface area is 130 Å². The fraction of sp³-hybridized carbons (Fsp3) is 0.615. The summed E-state index contributed by atoms with van der Waals surface area (Å²) in [6.45, 7) is 2.68. The van der Waals surface area contributed by atoms with E-state index in [9.17, 15) is 9.50 Å². The Balaban J connectivity index is 2.10. The number of fused-ring (bicyclic) bond motifs is 1. The van der Waals surface area contributed by atoms with Crippen LogP contribution in [0.1, 0.15) is 26.5 Å². The van der Waals surface area contributed by atoms with Gasteiger partial charge in [0.15, 0.2) is 17.4 Å². The highest BCUT2D eigenvalue weighted by molar-refractivity contribution is 5.77. The van der Waals surface area contributed by atoms with Crippen LogP contribution in [0.4, 0.5) is 10.3 Å².